The zero-order chi connectivity index (χ0) is 8.81. The van der Waals surface area contributed by atoms with E-state index in [2.05, 4.69) is 10.3 Å². The molecule has 0 bridgehead atoms. The Balaban J connectivity index is 2.50. The van der Waals surface area contributed by atoms with E-state index in [0.717, 1.165) is 6.21 Å². The van der Waals surface area contributed by atoms with Crippen molar-refractivity contribution in [1.29, 1.82) is 5.41 Å². The lowest BCUT2D eigenvalue weighted by Crippen LogP contribution is -2.22. The Morgan fingerprint density at radius 2 is 2.50 bits per heavy atom. The van der Waals surface area contributed by atoms with Gasteiger partial charge in [-0.25, -0.2) is 9.78 Å². The molecular weight excluding hydrogens is 156 g/mol. The lowest BCUT2D eigenvalue weighted by atomic mass is 10.6. The molecule has 0 atom stereocenters. The van der Waals surface area contributed by atoms with Gasteiger partial charge < -0.3 is 10.7 Å². The smallest absolute Gasteiger partial charge is 0.314 e. The Bertz CT molecular complexity index is 288. The summed E-state index contributed by atoms with van der Waals surface area (Å²) in [5, 5.41) is 9.08. The molecule has 5 nitrogen and oxygen atoms in total. The highest BCUT2D eigenvalue weighted by atomic mass is 16.2. The van der Waals surface area contributed by atoms with E-state index < -0.39 is 0 Å². The largest absolute Gasteiger partial charge is 0.330 e. The lowest BCUT2D eigenvalue weighted by Gasteiger charge is -1.97. The lowest BCUT2D eigenvalue weighted by molar-refractivity contribution is 0.245. The van der Waals surface area contributed by atoms with Crippen LogP contribution >= 0.6 is 0 Å². The van der Waals surface area contributed by atoms with Crippen LogP contribution in [-0.4, -0.2) is 21.8 Å². The third-order valence-electron chi connectivity index (χ3n) is 1.14. The molecule has 62 valence electrons. The Labute approximate surface area is 69.2 Å². The van der Waals surface area contributed by atoms with E-state index in [0.29, 0.717) is 0 Å². The average Bonchev–Trinajstić information content (AvgIpc) is 2.56. The predicted octanol–water partition coefficient (Wildman–Crippen LogP) is 0.604. The van der Waals surface area contributed by atoms with Crippen molar-refractivity contribution < 1.29 is 4.79 Å². The van der Waals surface area contributed by atoms with Crippen LogP contribution in [0.4, 0.5) is 4.79 Å². The molecule has 1 aromatic heterocycles. The second kappa shape index (κ2) is 4.07. The van der Waals surface area contributed by atoms with E-state index in [9.17, 15) is 4.79 Å². The van der Waals surface area contributed by atoms with E-state index in [1.165, 1.54) is 35.6 Å². The molecule has 2 N–H and O–H groups in total. The molecule has 12 heavy (non-hydrogen) atoms. The van der Waals surface area contributed by atoms with Crippen LogP contribution in [0.1, 0.15) is 0 Å². The average molecular weight is 164 g/mol. The van der Waals surface area contributed by atoms with Crippen molar-refractivity contribution in [3.63, 3.8) is 0 Å². The molecule has 0 spiro atoms. The second-order valence-corrected chi connectivity index (χ2v) is 1.95. The standard InChI is InChI=1S/C7H8N4O/c8-2-1-3-10-7(12)11-5-4-9-6-11/h1-6,8H,(H,10,12)/b3-1-,8-2?. The predicted molar refractivity (Wildman–Crippen MR) is 44.1 cm³/mol. The Hall–Kier alpha value is -1.91. The fourth-order valence-corrected chi connectivity index (χ4v) is 0.621. The van der Waals surface area contributed by atoms with Crippen LogP contribution in [0.2, 0.25) is 0 Å². The molecule has 0 aromatic carbocycles. The zero-order valence-electron chi connectivity index (χ0n) is 6.27. The molecule has 0 saturated carbocycles. The van der Waals surface area contributed by atoms with Gasteiger partial charge in [-0.1, -0.05) is 0 Å². The summed E-state index contributed by atoms with van der Waals surface area (Å²) in [6.07, 6.45) is 8.32. The third kappa shape index (κ3) is 2.05. The number of nitrogens with zero attached hydrogens (tertiary/aromatic N) is 2. The minimum absolute atomic E-state index is 0.300. The van der Waals surface area contributed by atoms with Crippen molar-refractivity contribution in [2.75, 3.05) is 0 Å². The highest BCUT2D eigenvalue weighted by Gasteiger charge is 1.97. The van der Waals surface area contributed by atoms with Gasteiger partial charge in [0.1, 0.15) is 6.33 Å². The maximum Gasteiger partial charge on any atom is 0.330 e. The maximum absolute atomic E-state index is 11.1. The molecule has 0 fully saturated rings. The van der Waals surface area contributed by atoms with Gasteiger partial charge in [-0.2, -0.15) is 0 Å². The van der Waals surface area contributed by atoms with Crippen LogP contribution in [0.15, 0.2) is 31.0 Å². The van der Waals surface area contributed by atoms with Gasteiger partial charge in [0.2, 0.25) is 0 Å². The van der Waals surface area contributed by atoms with Crippen molar-refractivity contribution >= 4 is 12.2 Å². The number of hydrogen-bond donors (Lipinski definition) is 2. The van der Waals surface area contributed by atoms with E-state index in [4.69, 9.17) is 5.41 Å². The molecule has 0 aliphatic heterocycles. The molecule has 1 rings (SSSR count). The van der Waals surface area contributed by atoms with Crippen molar-refractivity contribution in [2.24, 2.45) is 0 Å². The van der Waals surface area contributed by atoms with E-state index in [-0.39, 0.29) is 6.03 Å². The molecule has 5 heteroatoms. The van der Waals surface area contributed by atoms with Crippen LogP contribution < -0.4 is 5.32 Å². The van der Waals surface area contributed by atoms with Gasteiger partial charge in [0.25, 0.3) is 0 Å². The van der Waals surface area contributed by atoms with E-state index in [1.807, 2.05) is 0 Å². The quantitative estimate of drug-likeness (QED) is 0.628. The molecule has 0 unspecified atom stereocenters. The number of rotatable bonds is 2. The number of amides is 1. The highest BCUT2D eigenvalue weighted by molar-refractivity contribution is 5.78. The topological polar surface area (TPSA) is 70.8 Å². The number of nitrogens with one attached hydrogen (secondary N) is 2. The zero-order valence-corrected chi connectivity index (χ0v) is 6.27. The minimum atomic E-state index is -0.300. The monoisotopic (exact) mass is 164 g/mol. The second-order valence-electron chi connectivity index (χ2n) is 1.95. The Kier molecular flexibility index (Phi) is 2.78. The fourth-order valence-electron chi connectivity index (χ4n) is 0.621. The normalized spacial score (nSPS) is 10.0. The number of carbonyl (C=O) groups is 1. The first-order valence-electron chi connectivity index (χ1n) is 3.29. The molecule has 1 heterocycles. The van der Waals surface area contributed by atoms with Gasteiger partial charge in [-0.3, -0.25) is 4.57 Å². The number of aromatic nitrogens is 2. The first kappa shape index (κ1) is 8.19. The minimum Gasteiger partial charge on any atom is -0.314 e. The molecule has 0 saturated heterocycles. The molecule has 0 aliphatic rings. The third-order valence-corrected chi connectivity index (χ3v) is 1.14. The van der Waals surface area contributed by atoms with E-state index in [1.54, 1.807) is 0 Å². The van der Waals surface area contributed by atoms with Crippen LogP contribution in [0.25, 0.3) is 0 Å². The summed E-state index contributed by atoms with van der Waals surface area (Å²) in [6, 6.07) is -0.300. The summed E-state index contributed by atoms with van der Waals surface area (Å²) in [7, 11) is 0. The summed E-state index contributed by atoms with van der Waals surface area (Å²) < 4.78 is 1.30. The molecular formula is C7H8N4O. The summed E-state index contributed by atoms with van der Waals surface area (Å²) in [5.41, 5.74) is 0. The summed E-state index contributed by atoms with van der Waals surface area (Å²) >= 11 is 0. The maximum atomic E-state index is 11.1. The molecule has 0 radical (unpaired) electrons. The summed E-state index contributed by atoms with van der Waals surface area (Å²) in [4.78, 5) is 14.8. The highest BCUT2D eigenvalue weighted by Crippen LogP contribution is 1.83. The van der Waals surface area contributed by atoms with Crippen LogP contribution in [0.5, 0.6) is 0 Å². The van der Waals surface area contributed by atoms with Crippen LogP contribution in [-0.2, 0) is 0 Å². The van der Waals surface area contributed by atoms with Crippen LogP contribution in [0, 0.1) is 5.41 Å². The van der Waals surface area contributed by atoms with Gasteiger partial charge in [-0.05, 0) is 6.08 Å². The van der Waals surface area contributed by atoms with Gasteiger partial charge >= 0.3 is 6.03 Å². The van der Waals surface area contributed by atoms with Crippen molar-refractivity contribution in [3.05, 3.63) is 31.0 Å². The van der Waals surface area contributed by atoms with Crippen molar-refractivity contribution in [3.8, 4) is 0 Å². The summed E-state index contributed by atoms with van der Waals surface area (Å²) in [6.45, 7) is 0. The molecule has 1 amide bonds. The van der Waals surface area contributed by atoms with Crippen LogP contribution in [0.3, 0.4) is 0 Å². The number of imidazole rings is 1. The summed E-state index contributed by atoms with van der Waals surface area (Å²) in [5.74, 6) is 0. The van der Waals surface area contributed by atoms with Gasteiger partial charge in [0, 0.05) is 24.8 Å². The number of carbonyl (C=O) groups excluding carboxylic acids is 1. The number of hydrogen-bond acceptors (Lipinski definition) is 3. The van der Waals surface area contributed by atoms with E-state index >= 15 is 0 Å². The van der Waals surface area contributed by atoms with Gasteiger partial charge in [0.05, 0.1) is 0 Å². The van der Waals surface area contributed by atoms with Crippen molar-refractivity contribution in [1.82, 2.24) is 14.9 Å². The Morgan fingerprint density at radius 1 is 1.67 bits per heavy atom. The van der Waals surface area contributed by atoms with Gasteiger partial charge in [-0.15, -0.1) is 0 Å². The molecule has 1 aromatic rings. The Morgan fingerprint density at radius 3 is 3.08 bits per heavy atom. The first-order valence-corrected chi connectivity index (χ1v) is 3.29. The van der Waals surface area contributed by atoms with Gasteiger partial charge in [0.15, 0.2) is 0 Å². The fraction of sp³-hybridized carbons (Fsp3) is 0. The molecule has 0 aliphatic carbocycles. The SMILES string of the molecule is N=C/C=C\NC(=O)n1ccnc1. The number of allylic oxidation sites excluding steroid dienone is 1. The van der Waals surface area contributed by atoms with Crippen molar-refractivity contribution in [2.45, 2.75) is 0 Å². The first-order chi connectivity index (χ1) is 5.84.